The maximum Gasteiger partial charge on any atom is 0.320 e. The number of hydrogen-bond donors (Lipinski definition) is 2. The third kappa shape index (κ3) is 4.95. The largest absolute Gasteiger partial charge is 0.480 e. The van der Waals surface area contributed by atoms with Crippen molar-refractivity contribution >= 4 is 17.6 Å². The molecule has 2 saturated heterocycles. The summed E-state index contributed by atoms with van der Waals surface area (Å²) in [5.41, 5.74) is 2.94. The molecule has 0 radical (unpaired) electrons. The van der Waals surface area contributed by atoms with Crippen molar-refractivity contribution in [3.05, 3.63) is 65.7 Å². The second kappa shape index (κ2) is 10.2. The van der Waals surface area contributed by atoms with Crippen LogP contribution in [0, 0.1) is 5.92 Å². The molecule has 0 bridgehead atoms. The SMILES string of the molecule is CN(C[C@@H]1CN[C@H](C(=O)O)C1)c1cccc(C(=O)N2CCC(c3ccccc3)(N(C)C)CC2)c1. The van der Waals surface area contributed by atoms with E-state index < -0.39 is 12.0 Å². The van der Waals surface area contributed by atoms with Crippen LogP contribution in [0.15, 0.2) is 54.6 Å². The number of aliphatic carboxylic acids is 1. The zero-order chi connectivity index (χ0) is 24.3. The van der Waals surface area contributed by atoms with E-state index >= 15 is 0 Å². The molecule has 4 rings (SSSR count). The van der Waals surface area contributed by atoms with Crippen molar-refractivity contribution in [1.82, 2.24) is 15.1 Å². The molecule has 1 amide bonds. The molecule has 2 aromatic carbocycles. The Morgan fingerprint density at radius 2 is 1.76 bits per heavy atom. The number of piperidine rings is 1. The summed E-state index contributed by atoms with van der Waals surface area (Å²) >= 11 is 0. The number of carboxylic acids is 1. The Bertz CT molecular complexity index is 1000. The third-order valence-electron chi connectivity index (χ3n) is 7.63. The van der Waals surface area contributed by atoms with Crippen molar-refractivity contribution in [1.29, 1.82) is 0 Å². The summed E-state index contributed by atoms with van der Waals surface area (Å²) in [6.07, 6.45) is 2.42. The molecule has 2 fully saturated rings. The van der Waals surface area contributed by atoms with Crippen LogP contribution in [0.2, 0.25) is 0 Å². The molecule has 7 nitrogen and oxygen atoms in total. The number of rotatable bonds is 7. The predicted octanol–water partition coefficient (Wildman–Crippen LogP) is 2.88. The van der Waals surface area contributed by atoms with Gasteiger partial charge in [-0.1, -0.05) is 36.4 Å². The normalized spacial score (nSPS) is 22.1. The highest BCUT2D eigenvalue weighted by molar-refractivity contribution is 5.95. The molecule has 2 N–H and O–H groups in total. The summed E-state index contributed by atoms with van der Waals surface area (Å²) in [5, 5.41) is 12.3. The minimum Gasteiger partial charge on any atom is -0.480 e. The van der Waals surface area contributed by atoms with Crippen LogP contribution < -0.4 is 10.2 Å². The highest BCUT2D eigenvalue weighted by atomic mass is 16.4. The van der Waals surface area contributed by atoms with Gasteiger partial charge in [-0.25, -0.2) is 0 Å². The van der Waals surface area contributed by atoms with Gasteiger partial charge in [0, 0.05) is 50.0 Å². The standard InChI is InChI=1S/C27H36N4O3/c1-29(2)27(22-9-5-4-6-10-22)12-14-31(15-13-27)25(32)21-8-7-11-23(17-21)30(3)19-20-16-24(26(33)34)28-18-20/h4-11,17,20,24,28H,12-16,18-19H2,1-3H3,(H,33,34)/t20-,24-/m0/s1. The zero-order valence-corrected chi connectivity index (χ0v) is 20.4. The number of likely N-dealkylation sites (tertiary alicyclic amines) is 1. The number of carbonyl (C=O) groups excluding carboxylic acids is 1. The van der Waals surface area contributed by atoms with Crippen LogP contribution >= 0.6 is 0 Å². The van der Waals surface area contributed by atoms with Gasteiger partial charge in [-0.05, 0) is 63.0 Å². The summed E-state index contributed by atoms with van der Waals surface area (Å²) in [7, 11) is 6.26. The van der Waals surface area contributed by atoms with Crippen molar-refractivity contribution < 1.29 is 14.7 Å². The van der Waals surface area contributed by atoms with Gasteiger partial charge in [0.15, 0.2) is 0 Å². The smallest absolute Gasteiger partial charge is 0.320 e. The van der Waals surface area contributed by atoms with E-state index in [-0.39, 0.29) is 17.4 Å². The first kappa shape index (κ1) is 24.2. The molecule has 0 unspecified atom stereocenters. The number of nitrogens with zero attached hydrogens (tertiary/aromatic N) is 3. The van der Waals surface area contributed by atoms with Gasteiger partial charge in [-0.3, -0.25) is 14.5 Å². The van der Waals surface area contributed by atoms with Gasteiger partial charge >= 0.3 is 5.97 Å². The molecule has 2 heterocycles. The first-order valence-corrected chi connectivity index (χ1v) is 12.1. The first-order valence-electron chi connectivity index (χ1n) is 12.1. The highest BCUT2D eigenvalue weighted by Crippen LogP contribution is 2.37. The topological polar surface area (TPSA) is 76.1 Å². The Morgan fingerprint density at radius 3 is 2.38 bits per heavy atom. The molecule has 2 atom stereocenters. The lowest BCUT2D eigenvalue weighted by Crippen LogP contribution is -2.51. The average Bonchev–Trinajstić information content (AvgIpc) is 3.33. The molecule has 0 saturated carbocycles. The summed E-state index contributed by atoms with van der Waals surface area (Å²) in [4.78, 5) is 31.0. The molecule has 0 spiro atoms. The maximum atomic E-state index is 13.4. The molecule has 2 aromatic rings. The van der Waals surface area contributed by atoms with Crippen molar-refractivity contribution in [2.24, 2.45) is 5.92 Å². The van der Waals surface area contributed by atoms with Crippen LogP contribution in [-0.2, 0) is 10.3 Å². The number of carboxylic acid groups (broad SMARTS) is 1. The number of nitrogens with one attached hydrogen (secondary N) is 1. The minimum atomic E-state index is -0.787. The molecule has 2 aliphatic rings. The van der Waals surface area contributed by atoms with Gasteiger partial charge in [-0.2, -0.15) is 0 Å². The first-order chi connectivity index (χ1) is 16.3. The number of anilines is 1. The van der Waals surface area contributed by atoms with E-state index in [0.717, 1.165) is 38.2 Å². The Labute approximate surface area is 202 Å². The van der Waals surface area contributed by atoms with Crippen molar-refractivity contribution in [3.63, 3.8) is 0 Å². The molecule has 182 valence electrons. The van der Waals surface area contributed by atoms with Gasteiger partial charge < -0.3 is 20.2 Å². The van der Waals surface area contributed by atoms with Crippen LogP contribution in [0.3, 0.4) is 0 Å². The highest BCUT2D eigenvalue weighted by Gasteiger charge is 2.39. The van der Waals surface area contributed by atoms with Crippen molar-refractivity contribution in [3.8, 4) is 0 Å². The maximum absolute atomic E-state index is 13.4. The molecule has 0 aromatic heterocycles. The molecular weight excluding hydrogens is 428 g/mol. The number of amides is 1. The molecule has 34 heavy (non-hydrogen) atoms. The van der Waals surface area contributed by atoms with Crippen LogP contribution in [0.4, 0.5) is 5.69 Å². The summed E-state index contributed by atoms with van der Waals surface area (Å²) in [5.74, 6) is -0.446. The zero-order valence-electron chi connectivity index (χ0n) is 20.4. The van der Waals surface area contributed by atoms with Crippen molar-refractivity contribution in [2.45, 2.75) is 30.8 Å². The van der Waals surface area contributed by atoms with E-state index in [9.17, 15) is 14.7 Å². The summed E-state index contributed by atoms with van der Waals surface area (Å²) in [6.45, 7) is 2.88. The Balaban J connectivity index is 1.40. The van der Waals surface area contributed by atoms with E-state index in [4.69, 9.17) is 0 Å². The molecule has 7 heteroatoms. The number of hydrogen-bond acceptors (Lipinski definition) is 5. The van der Waals surface area contributed by atoms with E-state index in [1.807, 2.05) is 42.3 Å². The Kier molecular flexibility index (Phi) is 7.24. The van der Waals surface area contributed by atoms with Crippen LogP contribution in [0.1, 0.15) is 35.2 Å². The minimum absolute atomic E-state index is 0.0523. The van der Waals surface area contributed by atoms with Gasteiger partial charge in [-0.15, -0.1) is 0 Å². The van der Waals surface area contributed by atoms with Gasteiger partial charge in [0.2, 0.25) is 0 Å². The van der Waals surface area contributed by atoms with E-state index in [1.54, 1.807) is 0 Å². The monoisotopic (exact) mass is 464 g/mol. The second-order valence-electron chi connectivity index (χ2n) is 9.92. The van der Waals surface area contributed by atoms with Gasteiger partial charge in [0.1, 0.15) is 6.04 Å². The Hall–Kier alpha value is -2.90. The molecule has 2 aliphatic heterocycles. The number of benzene rings is 2. The average molecular weight is 465 g/mol. The lowest BCUT2D eigenvalue weighted by atomic mass is 9.79. The van der Waals surface area contributed by atoms with E-state index in [1.165, 1.54) is 5.56 Å². The van der Waals surface area contributed by atoms with Crippen LogP contribution in [0.5, 0.6) is 0 Å². The fourth-order valence-corrected chi connectivity index (χ4v) is 5.51. The predicted molar refractivity (Wildman–Crippen MR) is 134 cm³/mol. The fraction of sp³-hybridized carbons (Fsp3) is 0.481. The molecule has 0 aliphatic carbocycles. The lowest BCUT2D eigenvalue weighted by Gasteiger charge is -2.46. The Morgan fingerprint density at radius 1 is 1.06 bits per heavy atom. The summed E-state index contributed by atoms with van der Waals surface area (Å²) < 4.78 is 0. The van der Waals surface area contributed by atoms with Crippen LogP contribution in [-0.4, -0.2) is 80.1 Å². The van der Waals surface area contributed by atoms with E-state index in [0.29, 0.717) is 18.5 Å². The van der Waals surface area contributed by atoms with Gasteiger partial charge in [0.05, 0.1) is 0 Å². The van der Waals surface area contributed by atoms with Crippen molar-refractivity contribution in [2.75, 3.05) is 52.2 Å². The quantitative estimate of drug-likeness (QED) is 0.656. The molecular formula is C27H36N4O3. The lowest BCUT2D eigenvalue weighted by molar-refractivity contribution is -0.139. The van der Waals surface area contributed by atoms with Crippen LogP contribution in [0.25, 0.3) is 0 Å². The fourth-order valence-electron chi connectivity index (χ4n) is 5.51. The number of carbonyl (C=O) groups is 2. The van der Waals surface area contributed by atoms with E-state index in [2.05, 4.69) is 53.5 Å². The third-order valence-corrected chi connectivity index (χ3v) is 7.63. The summed E-state index contributed by atoms with van der Waals surface area (Å²) in [6, 6.07) is 17.9. The second-order valence-corrected chi connectivity index (χ2v) is 9.92. The van der Waals surface area contributed by atoms with Gasteiger partial charge in [0.25, 0.3) is 5.91 Å².